The average molecular weight is 480 g/mol. The lowest BCUT2D eigenvalue weighted by atomic mass is 9.95. The van der Waals surface area contributed by atoms with Crippen molar-refractivity contribution in [1.82, 2.24) is 19.9 Å². The molecule has 180 valence electrons. The summed E-state index contributed by atoms with van der Waals surface area (Å²) in [4.78, 5) is 28.8. The smallest absolute Gasteiger partial charge is 0.307 e. The fourth-order valence-corrected chi connectivity index (χ4v) is 5.04. The molecule has 2 heterocycles. The quantitative estimate of drug-likeness (QED) is 0.385. The Morgan fingerprint density at radius 1 is 0.972 bits per heavy atom. The first-order valence-corrected chi connectivity index (χ1v) is 12.0. The number of hydrogen-bond acceptors (Lipinski definition) is 7. The summed E-state index contributed by atoms with van der Waals surface area (Å²) in [6, 6.07) is 15.0. The summed E-state index contributed by atoms with van der Waals surface area (Å²) >= 11 is 0. The maximum atomic E-state index is 11.1. The van der Waals surface area contributed by atoms with E-state index in [0.717, 1.165) is 29.8 Å². The monoisotopic (exact) mass is 479 g/mol. The molecule has 4 aromatic rings. The molecule has 6 rings (SSSR count). The van der Waals surface area contributed by atoms with Crippen LogP contribution in [0, 0.1) is 5.92 Å². The van der Waals surface area contributed by atoms with Gasteiger partial charge in [0.25, 0.3) is 0 Å². The van der Waals surface area contributed by atoms with Gasteiger partial charge in [0, 0.05) is 11.5 Å². The zero-order valence-electron chi connectivity index (χ0n) is 19.8. The minimum Gasteiger partial charge on any atom is -0.481 e. The van der Waals surface area contributed by atoms with Gasteiger partial charge in [-0.1, -0.05) is 42.5 Å². The zero-order chi connectivity index (χ0) is 24.6. The van der Waals surface area contributed by atoms with Gasteiger partial charge >= 0.3 is 5.97 Å². The van der Waals surface area contributed by atoms with Crippen molar-refractivity contribution in [1.29, 1.82) is 0 Å². The molecule has 0 bridgehead atoms. The van der Waals surface area contributed by atoms with E-state index in [9.17, 15) is 4.79 Å². The van der Waals surface area contributed by atoms with Gasteiger partial charge in [-0.3, -0.25) is 9.78 Å². The third kappa shape index (κ3) is 4.15. The SMILES string of the molecule is COc1cnc(-c2ccc(-c3cccc4c3CC[C@H]4Nc3cnc([C@H]4C[C@@H]4C(=O)O)cn3)cc2)cn1. The van der Waals surface area contributed by atoms with Crippen LogP contribution in [0.1, 0.15) is 41.6 Å². The number of hydrogen-bond donors (Lipinski definition) is 2. The number of aromatic nitrogens is 4. The Kier molecular flexibility index (Phi) is 5.56. The first-order chi connectivity index (χ1) is 17.6. The van der Waals surface area contributed by atoms with Crippen LogP contribution in [-0.2, 0) is 11.2 Å². The van der Waals surface area contributed by atoms with Crippen LogP contribution >= 0.6 is 0 Å². The molecule has 2 aliphatic carbocycles. The second-order valence-corrected chi connectivity index (χ2v) is 9.24. The average Bonchev–Trinajstić information content (AvgIpc) is 3.64. The van der Waals surface area contributed by atoms with Crippen LogP contribution in [0.15, 0.2) is 67.3 Å². The molecule has 0 aliphatic heterocycles. The molecule has 2 N–H and O–H groups in total. The van der Waals surface area contributed by atoms with E-state index < -0.39 is 5.97 Å². The van der Waals surface area contributed by atoms with Crippen molar-refractivity contribution < 1.29 is 14.6 Å². The number of nitrogens with zero attached hydrogens (tertiary/aromatic N) is 4. The van der Waals surface area contributed by atoms with E-state index >= 15 is 0 Å². The van der Waals surface area contributed by atoms with E-state index in [4.69, 9.17) is 9.84 Å². The number of benzene rings is 2. The molecule has 1 saturated carbocycles. The fraction of sp³-hybridized carbons (Fsp3) is 0.250. The maximum absolute atomic E-state index is 11.1. The van der Waals surface area contributed by atoms with Gasteiger partial charge in [0.05, 0.1) is 55.2 Å². The molecule has 3 atom stereocenters. The van der Waals surface area contributed by atoms with Crippen molar-refractivity contribution in [3.05, 3.63) is 84.1 Å². The van der Waals surface area contributed by atoms with E-state index in [-0.39, 0.29) is 17.9 Å². The number of anilines is 1. The van der Waals surface area contributed by atoms with Gasteiger partial charge in [0.15, 0.2) is 0 Å². The number of carboxylic acids is 1. The topological polar surface area (TPSA) is 110 Å². The highest BCUT2D eigenvalue weighted by Crippen LogP contribution is 2.46. The number of rotatable bonds is 7. The van der Waals surface area contributed by atoms with Gasteiger partial charge < -0.3 is 15.2 Å². The Balaban J connectivity index is 1.18. The number of carbonyl (C=O) groups is 1. The molecule has 8 heteroatoms. The summed E-state index contributed by atoms with van der Waals surface area (Å²) in [7, 11) is 1.58. The predicted octanol–water partition coefficient (Wildman–Crippen LogP) is 4.90. The van der Waals surface area contributed by atoms with Gasteiger partial charge in [-0.2, -0.15) is 0 Å². The van der Waals surface area contributed by atoms with Gasteiger partial charge in [0.2, 0.25) is 5.88 Å². The molecular weight excluding hydrogens is 454 g/mol. The van der Waals surface area contributed by atoms with Crippen LogP contribution in [0.5, 0.6) is 5.88 Å². The molecule has 0 unspecified atom stereocenters. The molecule has 2 aromatic carbocycles. The normalized spacial score (nSPS) is 20.0. The Hall–Kier alpha value is -4.33. The molecule has 0 amide bonds. The van der Waals surface area contributed by atoms with Crippen LogP contribution in [-0.4, -0.2) is 38.1 Å². The van der Waals surface area contributed by atoms with Crippen molar-refractivity contribution in [2.24, 2.45) is 5.92 Å². The summed E-state index contributed by atoms with van der Waals surface area (Å²) in [6.45, 7) is 0. The summed E-state index contributed by atoms with van der Waals surface area (Å²) in [6.07, 6.45) is 9.35. The molecule has 2 aliphatic rings. The van der Waals surface area contributed by atoms with Crippen LogP contribution in [0.2, 0.25) is 0 Å². The van der Waals surface area contributed by atoms with E-state index in [1.165, 1.54) is 22.3 Å². The molecule has 36 heavy (non-hydrogen) atoms. The van der Waals surface area contributed by atoms with Crippen molar-refractivity contribution in [2.75, 3.05) is 12.4 Å². The minimum absolute atomic E-state index is 0.0121. The first-order valence-electron chi connectivity index (χ1n) is 12.0. The van der Waals surface area contributed by atoms with Crippen LogP contribution in [0.3, 0.4) is 0 Å². The third-order valence-electron chi connectivity index (χ3n) is 7.08. The summed E-state index contributed by atoms with van der Waals surface area (Å²) in [5, 5.41) is 12.7. The van der Waals surface area contributed by atoms with Gasteiger partial charge in [-0.25, -0.2) is 15.0 Å². The summed E-state index contributed by atoms with van der Waals surface area (Å²) in [5.74, 6) is 0.111. The Labute approximate surface area is 208 Å². The van der Waals surface area contributed by atoms with Crippen molar-refractivity contribution in [3.63, 3.8) is 0 Å². The molecule has 1 fully saturated rings. The largest absolute Gasteiger partial charge is 0.481 e. The predicted molar refractivity (Wildman–Crippen MR) is 135 cm³/mol. The molecule has 2 aromatic heterocycles. The Morgan fingerprint density at radius 3 is 2.47 bits per heavy atom. The summed E-state index contributed by atoms with van der Waals surface area (Å²) in [5.41, 5.74) is 7.58. The van der Waals surface area contributed by atoms with E-state index in [1.54, 1.807) is 31.9 Å². The van der Waals surface area contributed by atoms with Crippen molar-refractivity contribution in [2.45, 2.75) is 31.2 Å². The number of nitrogens with one attached hydrogen (secondary N) is 1. The van der Waals surface area contributed by atoms with Crippen molar-refractivity contribution in [3.8, 4) is 28.3 Å². The molecule has 0 saturated heterocycles. The lowest BCUT2D eigenvalue weighted by Crippen LogP contribution is -2.09. The van der Waals surface area contributed by atoms with Gasteiger partial charge in [-0.15, -0.1) is 0 Å². The van der Waals surface area contributed by atoms with Crippen LogP contribution in [0.25, 0.3) is 22.4 Å². The van der Waals surface area contributed by atoms with E-state index in [2.05, 4.69) is 67.7 Å². The van der Waals surface area contributed by atoms with E-state index in [0.29, 0.717) is 18.1 Å². The minimum atomic E-state index is -0.758. The third-order valence-corrected chi connectivity index (χ3v) is 7.08. The Morgan fingerprint density at radius 2 is 1.81 bits per heavy atom. The first kappa shape index (κ1) is 22.2. The number of aliphatic carboxylic acids is 1. The molecule has 8 nitrogen and oxygen atoms in total. The van der Waals surface area contributed by atoms with Gasteiger partial charge in [0.1, 0.15) is 5.82 Å². The number of ether oxygens (including phenoxy) is 1. The highest BCUT2D eigenvalue weighted by atomic mass is 16.5. The van der Waals surface area contributed by atoms with Crippen LogP contribution < -0.4 is 10.1 Å². The zero-order valence-corrected chi connectivity index (χ0v) is 19.8. The fourth-order valence-electron chi connectivity index (χ4n) is 5.04. The standard InChI is InChI=1S/C28H25N5O3/c1-36-27-15-30-24(12-32-27)17-7-5-16(6-8-17)18-3-2-4-20-19(18)9-10-23(20)33-26-14-29-25(13-31-26)21-11-22(21)28(34)35/h2-8,12-15,21-23H,9-11H2,1H3,(H,31,33)(H,34,35)/t21-,22-,23+/m0/s1. The molecule has 0 spiro atoms. The number of fused-ring (bicyclic) bond motifs is 1. The Bertz CT molecular complexity index is 1410. The highest BCUT2D eigenvalue weighted by molar-refractivity contribution is 5.75. The summed E-state index contributed by atoms with van der Waals surface area (Å²) < 4.78 is 5.09. The number of carboxylic acid groups (broad SMARTS) is 1. The highest BCUT2D eigenvalue weighted by Gasteiger charge is 2.45. The van der Waals surface area contributed by atoms with Crippen LogP contribution in [0.4, 0.5) is 5.82 Å². The van der Waals surface area contributed by atoms with E-state index in [1.807, 2.05) is 0 Å². The lowest BCUT2D eigenvalue weighted by Gasteiger charge is -2.16. The van der Waals surface area contributed by atoms with Gasteiger partial charge in [-0.05, 0) is 41.5 Å². The maximum Gasteiger partial charge on any atom is 0.307 e. The molecule has 0 radical (unpaired) electrons. The molecular formula is C28H25N5O3. The number of methoxy groups -OCH3 is 1. The second-order valence-electron chi connectivity index (χ2n) is 9.24. The lowest BCUT2D eigenvalue weighted by molar-refractivity contribution is -0.138. The second kappa shape index (κ2) is 9.03. The van der Waals surface area contributed by atoms with Crippen molar-refractivity contribution >= 4 is 11.8 Å².